The van der Waals surface area contributed by atoms with Crippen molar-refractivity contribution < 1.29 is 4.74 Å². The molecule has 4 nitrogen and oxygen atoms in total. The predicted molar refractivity (Wildman–Crippen MR) is 85.0 cm³/mol. The van der Waals surface area contributed by atoms with Gasteiger partial charge in [-0.25, -0.2) is 0 Å². The van der Waals surface area contributed by atoms with Crippen LogP contribution in [0.1, 0.15) is 52.9 Å². The highest BCUT2D eigenvalue weighted by Crippen LogP contribution is 2.37. The van der Waals surface area contributed by atoms with Gasteiger partial charge in [0, 0.05) is 13.1 Å². The third kappa shape index (κ3) is 4.18. The zero-order valence-electron chi connectivity index (χ0n) is 13.9. The summed E-state index contributed by atoms with van der Waals surface area (Å²) >= 11 is 0. The van der Waals surface area contributed by atoms with Gasteiger partial charge in [-0.05, 0) is 58.5 Å². The van der Waals surface area contributed by atoms with Crippen LogP contribution in [-0.2, 0) is 4.74 Å². The van der Waals surface area contributed by atoms with E-state index in [-0.39, 0.29) is 5.54 Å². The summed E-state index contributed by atoms with van der Waals surface area (Å²) in [5.41, 5.74) is -0.264. The molecule has 0 amide bonds. The molecular formula is C17H31N3O. The van der Waals surface area contributed by atoms with Crippen molar-refractivity contribution >= 4 is 0 Å². The first kappa shape index (κ1) is 16.7. The Balaban J connectivity index is 1.87. The monoisotopic (exact) mass is 293 g/mol. The van der Waals surface area contributed by atoms with Crippen LogP contribution in [0, 0.1) is 17.2 Å². The Morgan fingerprint density at radius 1 is 1.33 bits per heavy atom. The van der Waals surface area contributed by atoms with Crippen molar-refractivity contribution in [1.29, 1.82) is 5.26 Å². The molecule has 0 radical (unpaired) electrons. The Kier molecular flexibility index (Phi) is 6.04. The van der Waals surface area contributed by atoms with Gasteiger partial charge >= 0.3 is 0 Å². The van der Waals surface area contributed by atoms with Gasteiger partial charge in [0.2, 0.25) is 0 Å². The van der Waals surface area contributed by atoms with E-state index < -0.39 is 0 Å². The first-order valence-corrected chi connectivity index (χ1v) is 8.63. The summed E-state index contributed by atoms with van der Waals surface area (Å²) in [7, 11) is 0. The van der Waals surface area contributed by atoms with E-state index in [0.717, 1.165) is 45.4 Å². The third-order valence-corrected chi connectivity index (χ3v) is 5.00. The Labute approximate surface area is 129 Å². The quantitative estimate of drug-likeness (QED) is 0.817. The van der Waals surface area contributed by atoms with Crippen molar-refractivity contribution in [2.45, 2.75) is 70.6 Å². The van der Waals surface area contributed by atoms with E-state index in [1.165, 1.54) is 12.8 Å². The summed E-state index contributed by atoms with van der Waals surface area (Å²) in [6.45, 7) is 10.6. The highest BCUT2D eigenvalue weighted by molar-refractivity contribution is 5.14. The van der Waals surface area contributed by atoms with Gasteiger partial charge in [0.1, 0.15) is 5.54 Å². The molecule has 1 saturated carbocycles. The highest BCUT2D eigenvalue weighted by Gasteiger charge is 2.42. The zero-order chi connectivity index (χ0) is 15.3. The van der Waals surface area contributed by atoms with Crippen molar-refractivity contribution in [2.24, 2.45) is 5.92 Å². The maximum atomic E-state index is 9.69. The van der Waals surface area contributed by atoms with Crippen LogP contribution in [0.4, 0.5) is 0 Å². The maximum Gasteiger partial charge on any atom is 0.109 e. The number of morpholine rings is 1. The summed E-state index contributed by atoms with van der Waals surface area (Å²) in [4.78, 5) is 2.51. The smallest absolute Gasteiger partial charge is 0.109 e. The maximum absolute atomic E-state index is 9.69. The lowest BCUT2D eigenvalue weighted by molar-refractivity contribution is -0.0692. The second kappa shape index (κ2) is 7.58. The topological polar surface area (TPSA) is 48.3 Å². The molecule has 1 N–H and O–H groups in total. The second-order valence-corrected chi connectivity index (χ2v) is 6.90. The molecule has 2 rings (SSSR count). The molecule has 1 aliphatic carbocycles. The van der Waals surface area contributed by atoms with E-state index in [9.17, 15) is 5.26 Å². The number of hydrogen-bond acceptors (Lipinski definition) is 4. The van der Waals surface area contributed by atoms with E-state index in [1.54, 1.807) is 0 Å². The van der Waals surface area contributed by atoms with Gasteiger partial charge in [0.25, 0.3) is 0 Å². The van der Waals surface area contributed by atoms with Gasteiger partial charge in [-0.15, -0.1) is 0 Å². The summed E-state index contributed by atoms with van der Waals surface area (Å²) in [6.07, 6.45) is 6.28. The van der Waals surface area contributed by atoms with E-state index in [4.69, 9.17) is 4.74 Å². The molecule has 2 fully saturated rings. The molecule has 120 valence electrons. The summed E-state index contributed by atoms with van der Waals surface area (Å²) < 4.78 is 5.80. The average Bonchev–Trinajstić information content (AvgIpc) is 2.85. The fraction of sp³-hybridized carbons (Fsp3) is 0.941. The van der Waals surface area contributed by atoms with Crippen LogP contribution in [-0.4, -0.2) is 48.8 Å². The third-order valence-electron chi connectivity index (χ3n) is 5.00. The molecule has 0 aromatic heterocycles. The molecule has 0 bridgehead atoms. The van der Waals surface area contributed by atoms with Crippen molar-refractivity contribution in [3.8, 4) is 6.07 Å². The van der Waals surface area contributed by atoms with E-state index in [0.29, 0.717) is 18.1 Å². The molecule has 0 spiro atoms. The molecule has 0 aromatic rings. The fourth-order valence-electron chi connectivity index (χ4n) is 4.04. The van der Waals surface area contributed by atoms with Crippen LogP contribution in [0.3, 0.4) is 0 Å². The summed E-state index contributed by atoms with van der Waals surface area (Å²) in [5.74, 6) is 0.502. The lowest BCUT2D eigenvalue weighted by atomic mass is 9.85. The predicted octanol–water partition coefficient (Wildman–Crippen LogP) is 2.55. The molecule has 1 aliphatic heterocycles. The van der Waals surface area contributed by atoms with E-state index >= 15 is 0 Å². The number of hydrogen-bond donors (Lipinski definition) is 1. The lowest BCUT2D eigenvalue weighted by Gasteiger charge is -2.37. The average molecular weight is 293 g/mol. The fourth-order valence-corrected chi connectivity index (χ4v) is 4.04. The SMILES string of the molecule is CCCNC1(C#N)CCCC1CCN1CC(C)OC(C)C1. The molecule has 0 aromatic carbocycles. The Hall–Kier alpha value is -0.630. The highest BCUT2D eigenvalue weighted by atomic mass is 16.5. The standard InChI is InChI=1S/C17H31N3O/c1-4-9-19-17(13-18)8-5-6-16(17)7-10-20-11-14(2)21-15(3)12-20/h14-16,19H,4-12H2,1-3H3. The molecule has 4 unspecified atom stereocenters. The molecule has 4 heteroatoms. The van der Waals surface area contributed by atoms with Gasteiger partial charge in [-0.1, -0.05) is 13.3 Å². The van der Waals surface area contributed by atoms with Crippen molar-refractivity contribution in [1.82, 2.24) is 10.2 Å². The molecule has 2 aliphatic rings. The Bertz CT molecular complexity index is 358. The Morgan fingerprint density at radius 2 is 2.05 bits per heavy atom. The molecule has 21 heavy (non-hydrogen) atoms. The van der Waals surface area contributed by atoms with Crippen LogP contribution in [0.2, 0.25) is 0 Å². The minimum Gasteiger partial charge on any atom is -0.373 e. The minimum atomic E-state index is -0.264. The minimum absolute atomic E-state index is 0.264. The molecule has 4 atom stereocenters. The Morgan fingerprint density at radius 3 is 2.67 bits per heavy atom. The lowest BCUT2D eigenvalue weighted by Crippen LogP contribution is -2.50. The number of rotatable bonds is 6. The molecule has 1 saturated heterocycles. The van der Waals surface area contributed by atoms with E-state index in [2.05, 4.69) is 37.1 Å². The van der Waals surface area contributed by atoms with Gasteiger partial charge < -0.3 is 4.74 Å². The zero-order valence-corrected chi connectivity index (χ0v) is 13.9. The normalized spacial score (nSPS) is 37.5. The second-order valence-electron chi connectivity index (χ2n) is 6.90. The van der Waals surface area contributed by atoms with Crippen molar-refractivity contribution in [3.05, 3.63) is 0 Å². The largest absolute Gasteiger partial charge is 0.373 e. The number of nitriles is 1. The van der Waals surface area contributed by atoms with Crippen molar-refractivity contribution in [2.75, 3.05) is 26.2 Å². The van der Waals surface area contributed by atoms with Crippen LogP contribution in [0.25, 0.3) is 0 Å². The first-order valence-electron chi connectivity index (χ1n) is 8.63. The van der Waals surface area contributed by atoms with E-state index in [1.807, 2.05) is 0 Å². The van der Waals surface area contributed by atoms with Crippen LogP contribution in [0.15, 0.2) is 0 Å². The number of nitrogens with zero attached hydrogens (tertiary/aromatic N) is 2. The summed E-state index contributed by atoms with van der Waals surface area (Å²) in [6, 6.07) is 2.61. The van der Waals surface area contributed by atoms with Crippen LogP contribution >= 0.6 is 0 Å². The van der Waals surface area contributed by atoms with Gasteiger partial charge in [0.05, 0.1) is 18.3 Å². The molecular weight excluding hydrogens is 262 g/mol. The number of nitrogens with one attached hydrogen (secondary N) is 1. The molecule has 1 heterocycles. The van der Waals surface area contributed by atoms with Gasteiger partial charge in [-0.2, -0.15) is 5.26 Å². The number of ether oxygens (including phenoxy) is 1. The first-order chi connectivity index (χ1) is 10.1. The van der Waals surface area contributed by atoms with Crippen molar-refractivity contribution in [3.63, 3.8) is 0 Å². The van der Waals surface area contributed by atoms with Gasteiger partial charge in [-0.3, -0.25) is 10.2 Å². The van der Waals surface area contributed by atoms with Gasteiger partial charge in [0.15, 0.2) is 0 Å². The van der Waals surface area contributed by atoms with Crippen LogP contribution < -0.4 is 5.32 Å². The van der Waals surface area contributed by atoms with Crippen LogP contribution in [0.5, 0.6) is 0 Å². The summed E-state index contributed by atoms with van der Waals surface area (Å²) in [5, 5.41) is 13.2.